The number of aromatic nitrogens is 1. The van der Waals surface area contributed by atoms with Crippen LogP contribution < -0.4 is 16.0 Å². The maximum absolute atomic E-state index is 12.5. The molecule has 7 nitrogen and oxygen atoms in total. The van der Waals surface area contributed by atoms with E-state index in [2.05, 4.69) is 56.9 Å². The van der Waals surface area contributed by atoms with Gasteiger partial charge in [0.15, 0.2) is 0 Å². The number of carbonyl (C=O) groups is 1. The standard InChI is InChI=1S/C28H37N3O4/c1-19(2)30(20(3)4)14-15-34-18-23-12-10-22(11-13-23)16-21(5)35-31-17-25(28(29)33)27(32)24-8-6-7-9-26(24)31/h6-13,17,19-21H,14-16,18H2,1-5H3,(H2,29,33). The summed E-state index contributed by atoms with van der Waals surface area (Å²) < 4.78 is 7.37. The topological polar surface area (TPSA) is 86.8 Å². The lowest BCUT2D eigenvalue weighted by Gasteiger charge is -2.30. The van der Waals surface area contributed by atoms with Crippen molar-refractivity contribution in [2.24, 2.45) is 5.73 Å². The maximum Gasteiger partial charge on any atom is 0.254 e. The van der Waals surface area contributed by atoms with E-state index in [9.17, 15) is 9.59 Å². The first-order chi connectivity index (χ1) is 16.7. The summed E-state index contributed by atoms with van der Waals surface area (Å²) in [4.78, 5) is 32.8. The molecule has 0 saturated heterocycles. The highest BCUT2D eigenvalue weighted by atomic mass is 16.7. The van der Waals surface area contributed by atoms with Crippen molar-refractivity contribution in [3.05, 3.63) is 81.6 Å². The molecule has 1 aromatic heterocycles. The molecule has 0 saturated carbocycles. The molecule has 0 bridgehead atoms. The van der Waals surface area contributed by atoms with Crippen molar-refractivity contribution in [1.29, 1.82) is 0 Å². The van der Waals surface area contributed by atoms with Crippen LogP contribution in [-0.4, -0.2) is 46.9 Å². The molecule has 3 rings (SSSR count). The number of hydrogen-bond acceptors (Lipinski definition) is 5. The number of carbonyl (C=O) groups excluding carboxylic acids is 1. The number of primary amides is 1. The molecular formula is C28H37N3O4. The molecule has 0 radical (unpaired) electrons. The van der Waals surface area contributed by atoms with Crippen LogP contribution in [0.1, 0.15) is 56.1 Å². The van der Waals surface area contributed by atoms with Crippen LogP contribution in [0.3, 0.4) is 0 Å². The summed E-state index contributed by atoms with van der Waals surface area (Å²) in [5.74, 6) is -0.773. The number of hydrogen-bond donors (Lipinski definition) is 1. The van der Waals surface area contributed by atoms with Gasteiger partial charge in [-0.3, -0.25) is 14.5 Å². The highest BCUT2D eigenvalue weighted by Crippen LogP contribution is 2.13. The molecule has 2 N–H and O–H groups in total. The molecule has 1 heterocycles. The smallest absolute Gasteiger partial charge is 0.254 e. The van der Waals surface area contributed by atoms with E-state index in [1.165, 1.54) is 10.9 Å². The first kappa shape index (κ1) is 26.4. The summed E-state index contributed by atoms with van der Waals surface area (Å²) in [5, 5.41) is 0.394. The van der Waals surface area contributed by atoms with Crippen LogP contribution in [-0.2, 0) is 17.8 Å². The number of pyridine rings is 1. The average Bonchev–Trinajstić information content (AvgIpc) is 2.81. The van der Waals surface area contributed by atoms with E-state index in [1.54, 1.807) is 18.2 Å². The van der Waals surface area contributed by atoms with Gasteiger partial charge in [0.2, 0.25) is 5.43 Å². The van der Waals surface area contributed by atoms with E-state index in [-0.39, 0.29) is 17.1 Å². The molecule has 0 aliphatic carbocycles. The van der Waals surface area contributed by atoms with Crippen LogP contribution >= 0.6 is 0 Å². The molecule has 7 heteroatoms. The third-order valence-corrected chi connectivity index (χ3v) is 6.07. The normalized spacial score (nSPS) is 12.6. The number of amides is 1. The summed E-state index contributed by atoms with van der Waals surface area (Å²) in [6, 6.07) is 16.3. The van der Waals surface area contributed by atoms with Gasteiger partial charge in [0.25, 0.3) is 5.91 Å². The molecule has 1 atom stereocenters. The summed E-state index contributed by atoms with van der Waals surface area (Å²) in [6.45, 7) is 13.0. The van der Waals surface area contributed by atoms with Gasteiger partial charge < -0.3 is 15.3 Å². The van der Waals surface area contributed by atoms with Gasteiger partial charge in [0.05, 0.1) is 24.9 Å². The lowest BCUT2D eigenvalue weighted by molar-refractivity contribution is 0.0552. The summed E-state index contributed by atoms with van der Waals surface area (Å²) >= 11 is 0. The van der Waals surface area contributed by atoms with Crippen molar-refractivity contribution in [1.82, 2.24) is 9.63 Å². The highest BCUT2D eigenvalue weighted by molar-refractivity contribution is 5.96. The first-order valence-electron chi connectivity index (χ1n) is 12.2. The molecular weight excluding hydrogens is 442 g/mol. The molecule has 35 heavy (non-hydrogen) atoms. The van der Waals surface area contributed by atoms with Crippen molar-refractivity contribution >= 4 is 16.8 Å². The van der Waals surface area contributed by atoms with E-state index in [0.29, 0.717) is 42.6 Å². The third-order valence-electron chi connectivity index (χ3n) is 6.07. The number of rotatable bonds is 12. The molecule has 1 amide bonds. The minimum Gasteiger partial charge on any atom is -0.411 e. The zero-order valence-corrected chi connectivity index (χ0v) is 21.4. The van der Waals surface area contributed by atoms with Crippen molar-refractivity contribution in [2.45, 2.75) is 65.8 Å². The Kier molecular flexibility index (Phi) is 9.07. The second-order valence-electron chi connectivity index (χ2n) is 9.49. The Labute approximate surface area is 207 Å². The predicted octanol–water partition coefficient (Wildman–Crippen LogP) is 3.80. The number of fused-ring (bicyclic) bond motifs is 1. The van der Waals surface area contributed by atoms with Crippen molar-refractivity contribution in [2.75, 3.05) is 13.2 Å². The Morgan fingerprint density at radius 1 is 0.971 bits per heavy atom. The zero-order valence-electron chi connectivity index (χ0n) is 21.4. The van der Waals surface area contributed by atoms with Gasteiger partial charge in [0.1, 0.15) is 11.7 Å². The van der Waals surface area contributed by atoms with Gasteiger partial charge in [-0.25, -0.2) is 0 Å². The fraction of sp³-hybridized carbons (Fsp3) is 0.429. The number of nitrogens with two attached hydrogens (primary N) is 1. The molecule has 0 fully saturated rings. The Balaban J connectivity index is 1.59. The largest absolute Gasteiger partial charge is 0.411 e. The van der Waals surface area contributed by atoms with Crippen LogP contribution in [0.2, 0.25) is 0 Å². The lowest BCUT2D eigenvalue weighted by atomic mass is 10.1. The second-order valence-corrected chi connectivity index (χ2v) is 9.49. The van der Waals surface area contributed by atoms with Gasteiger partial charge in [0, 0.05) is 30.4 Å². The van der Waals surface area contributed by atoms with Crippen LogP contribution in [0.25, 0.3) is 10.9 Å². The van der Waals surface area contributed by atoms with Crippen molar-refractivity contribution in [3.63, 3.8) is 0 Å². The molecule has 3 aromatic rings. The third kappa shape index (κ3) is 6.93. The molecule has 0 spiro atoms. The molecule has 0 aliphatic heterocycles. The Bertz CT molecular complexity index is 1180. The fourth-order valence-electron chi connectivity index (χ4n) is 4.32. The summed E-state index contributed by atoms with van der Waals surface area (Å²) in [5.41, 5.74) is 7.76. The monoisotopic (exact) mass is 479 g/mol. The quantitative estimate of drug-likeness (QED) is 0.400. The average molecular weight is 480 g/mol. The van der Waals surface area contributed by atoms with Crippen molar-refractivity contribution < 1.29 is 14.4 Å². The van der Waals surface area contributed by atoms with Crippen LogP contribution in [0, 0.1) is 0 Å². The van der Waals surface area contributed by atoms with Crippen LogP contribution in [0.4, 0.5) is 0 Å². The molecule has 0 aliphatic rings. The van der Waals surface area contributed by atoms with E-state index >= 15 is 0 Å². The maximum atomic E-state index is 12.5. The molecule has 188 valence electrons. The summed E-state index contributed by atoms with van der Waals surface area (Å²) in [7, 11) is 0. The second kappa shape index (κ2) is 12.0. The van der Waals surface area contributed by atoms with Crippen LogP contribution in [0.15, 0.2) is 59.5 Å². The van der Waals surface area contributed by atoms with Crippen molar-refractivity contribution in [3.8, 4) is 0 Å². The molecule has 1 unspecified atom stereocenters. The van der Waals surface area contributed by atoms with Gasteiger partial charge in [-0.2, -0.15) is 4.73 Å². The summed E-state index contributed by atoms with van der Waals surface area (Å²) in [6.07, 6.45) is 1.83. The Morgan fingerprint density at radius 2 is 1.60 bits per heavy atom. The first-order valence-corrected chi connectivity index (χ1v) is 12.2. The van der Waals surface area contributed by atoms with Gasteiger partial charge >= 0.3 is 0 Å². The number of para-hydroxylation sites is 1. The van der Waals surface area contributed by atoms with Gasteiger partial charge in [-0.15, -0.1) is 0 Å². The molecule has 2 aromatic carbocycles. The van der Waals surface area contributed by atoms with E-state index < -0.39 is 5.91 Å². The Hall–Kier alpha value is -3.16. The van der Waals surface area contributed by atoms with Gasteiger partial charge in [-0.1, -0.05) is 36.4 Å². The number of benzene rings is 2. The fourth-order valence-corrected chi connectivity index (χ4v) is 4.32. The highest BCUT2D eigenvalue weighted by Gasteiger charge is 2.16. The van der Waals surface area contributed by atoms with Gasteiger partial charge in [-0.05, 0) is 57.9 Å². The SMILES string of the molecule is CC(Cc1ccc(COCCN(C(C)C)C(C)C)cc1)On1cc(C(N)=O)c(=O)c2ccccc21. The number of nitrogens with zero attached hydrogens (tertiary/aromatic N) is 2. The lowest BCUT2D eigenvalue weighted by Crippen LogP contribution is -2.39. The number of ether oxygens (including phenoxy) is 1. The Morgan fingerprint density at radius 3 is 2.23 bits per heavy atom. The minimum atomic E-state index is -0.773. The predicted molar refractivity (Wildman–Crippen MR) is 140 cm³/mol. The minimum absolute atomic E-state index is 0.0924. The zero-order chi connectivity index (χ0) is 25.5. The van der Waals surface area contributed by atoms with E-state index in [0.717, 1.165) is 17.7 Å². The van der Waals surface area contributed by atoms with E-state index in [1.807, 2.05) is 13.0 Å². The van der Waals surface area contributed by atoms with Crippen LogP contribution in [0.5, 0.6) is 0 Å². The van der Waals surface area contributed by atoms with E-state index in [4.69, 9.17) is 15.3 Å².